The number of hydrogen-bond acceptors (Lipinski definition) is 1. The lowest BCUT2D eigenvalue weighted by Crippen LogP contribution is -2.00. The van der Waals surface area contributed by atoms with Crippen molar-refractivity contribution in [2.45, 2.75) is 6.92 Å². The number of aliphatic carboxylic acids is 1. The van der Waals surface area contributed by atoms with E-state index in [9.17, 15) is 9.90 Å². The zero-order chi connectivity index (χ0) is 15.6. The number of hydrogen-bond donors (Lipinski definition) is 1. The number of aryl methyl sites for hydroxylation is 1. The molecular weight excluding hydrogens is 331 g/mol. The minimum Gasteiger partial charge on any atom is -0.478 e. The van der Waals surface area contributed by atoms with Crippen LogP contribution >= 0.6 is 34.8 Å². The molecule has 108 valence electrons. The van der Waals surface area contributed by atoms with Gasteiger partial charge >= 0.3 is 5.97 Å². The molecule has 0 aliphatic carbocycles. The third kappa shape index (κ3) is 3.79. The molecule has 2 aromatic carbocycles. The second-order valence-corrected chi connectivity index (χ2v) is 5.72. The molecule has 0 bridgehead atoms. The van der Waals surface area contributed by atoms with Gasteiger partial charge in [-0.1, -0.05) is 53.0 Å². The Morgan fingerprint density at radius 1 is 1.00 bits per heavy atom. The zero-order valence-electron chi connectivity index (χ0n) is 11.0. The van der Waals surface area contributed by atoms with Gasteiger partial charge < -0.3 is 5.11 Å². The van der Waals surface area contributed by atoms with Crippen molar-refractivity contribution in [2.75, 3.05) is 0 Å². The van der Waals surface area contributed by atoms with Gasteiger partial charge in [0.15, 0.2) is 0 Å². The molecule has 0 fully saturated rings. The van der Waals surface area contributed by atoms with Crippen LogP contribution in [0.25, 0.3) is 11.6 Å². The first-order valence-electron chi connectivity index (χ1n) is 6.05. The summed E-state index contributed by atoms with van der Waals surface area (Å²) >= 11 is 17.8. The number of carbonyl (C=O) groups is 1. The molecule has 0 aliphatic heterocycles. The second-order valence-electron chi connectivity index (χ2n) is 4.50. The Morgan fingerprint density at radius 3 is 2.29 bits per heavy atom. The van der Waals surface area contributed by atoms with Gasteiger partial charge in [-0.05, 0) is 47.9 Å². The van der Waals surface area contributed by atoms with Crippen LogP contribution < -0.4 is 0 Å². The molecule has 21 heavy (non-hydrogen) atoms. The molecule has 2 nitrogen and oxygen atoms in total. The lowest BCUT2D eigenvalue weighted by molar-refractivity contribution is -0.130. The molecule has 2 rings (SSSR count). The van der Waals surface area contributed by atoms with Gasteiger partial charge in [0.05, 0.1) is 15.6 Å². The summed E-state index contributed by atoms with van der Waals surface area (Å²) < 4.78 is 0. The first kappa shape index (κ1) is 15.9. The molecule has 0 radical (unpaired) electrons. The van der Waals surface area contributed by atoms with Crippen LogP contribution in [0.3, 0.4) is 0 Å². The van der Waals surface area contributed by atoms with Crippen molar-refractivity contribution < 1.29 is 9.90 Å². The van der Waals surface area contributed by atoms with Gasteiger partial charge in [0, 0.05) is 5.02 Å². The van der Waals surface area contributed by atoms with Gasteiger partial charge in [-0.2, -0.15) is 0 Å². The number of carboxylic acids is 1. The molecule has 0 spiro atoms. The highest BCUT2D eigenvalue weighted by Gasteiger charge is 2.12. The van der Waals surface area contributed by atoms with E-state index in [0.29, 0.717) is 26.2 Å². The summed E-state index contributed by atoms with van der Waals surface area (Å²) in [6.07, 6.45) is 1.53. The van der Waals surface area contributed by atoms with E-state index < -0.39 is 5.97 Å². The molecule has 0 saturated heterocycles. The first-order chi connectivity index (χ1) is 9.88. The van der Waals surface area contributed by atoms with E-state index in [4.69, 9.17) is 34.8 Å². The summed E-state index contributed by atoms with van der Waals surface area (Å²) in [5.41, 5.74) is 2.21. The SMILES string of the molecule is Cc1ccc(/C(=C/c2ccc(Cl)c(Cl)c2)C(=O)O)cc1Cl. The van der Waals surface area contributed by atoms with Gasteiger partial charge in [0.2, 0.25) is 0 Å². The first-order valence-corrected chi connectivity index (χ1v) is 7.18. The maximum absolute atomic E-state index is 11.5. The number of rotatable bonds is 3. The molecular formula is C16H11Cl3O2. The van der Waals surface area contributed by atoms with E-state index in [1.807, 2.05) is 6.92 Å². The highest BCUT2D eigenvalue weighted by Crippen LogP contribution is 2.27. The van der Waals surface area contributed by atoms with Crippen molar-refractivity contribution >= 4 is 52.4 Å². The van der Waals surface area contributed by atoms with Crippen LogP contribution in [0.2, 0.25) is 15.1 Å². The summed E-state index contributed by atoms with van der Waals surface area (Å²) in [6, 6.07) is 10.1. The molecule has 0 atom stereocenters. The van der Waals surface area contributed by atoms with Crippen molar-refractivity contribution in [3.8, 4) is 0 Å². The third-order valence-electron chi connectivity index (χ3n) is 2.97. The highest BCUT2D eigenvalue weighted by molar-refractivity contribution is 6.42. The van der Waals surface area contributed by atoms with Crippen LogP contribution in [0.1, 0.15) is 16.7 Å². The van der Waals surface area contributed by atoms with Crippen LogP contribution in [0.15, 0.2) is 36.4 Å². The summed E-state index contributed by atoms with van der Waals surface area (Å²) in [5, 5.41) is 10.7. The van der Waals surface area contributed by atoms with Gasteiger partial charge in [0.25, 0.3) is 0 Å². The highest BCUT2D eigenvalue weighted by atomic mass is 35.5. The van der Waals surface area contributed by atoms with E-state index in [1.54, 1.807) is 36.4 Å². The molecule has 5 heteroatoms. The summed E-state index contributed by atoms with van der Waals surface area (Å²) in [4.78, 5) is 11.5. The van der Waals surface area contributed by atoms with Gasteiger partial charge in [-0.15, -0.1) is 0 Å². The Kier molecular flexibility index (Phi) is 4.94. The van der Waals surface area contributed by atoms with Crippen molar-refractivity contribution in [3.63, 3.8) is 0 Å². The average molecular weight is 342 g/mol. The number of carboxylic acid groups (broad SMARTS) is 1. The Labute approximate surface area is 137 Å². The maximum Gasteiger partial charge on any atom is 0.336 e. The monoisotopic (exact) mass is 340 g/mol. The fraction of sp³-hybridized carbons (Fsp3) is 0.0625. The summed E-state index contributed by atoms with van der Waals surface area (Å²) in [6.45, 7) is 1.86. The van der Waals surface area contributed by atoms with Gasteiger partial charge in [-0.3, -0.25) is 0 Å². The smallest absolute Gasteiger partial charge is 0.336 e. The van der Waals surface area contributed by atoms with Crippen LogP contribution in [0, 0.1) is 6.92 Å². The van der Waals surface area contributed by atoms with E-state index in [2.05, 4.69) is 0 Å². The lowest BCUT2D eigenvalue weighted by atomic mass is 10.0. The Morgan fingerprint density at radius 2 is 1.71 bits per heavy atom. The predicted octanol–water partition coefficient (Wildman–Crippen LogP) is 5.58. The van der Waals surface area contributed by atoms with Crippen molar-refractivity contribution in [3.05, 3.63) is 68.2 Å². The average Bonchev–Trinajstić information content (AvgIpc) is 2.43. The van der Waals surface area contributed by atoms with Crippen molar-refractivity contribution in [2.24, 2.45) is 0 Å². The van der Waals surface area contributed by atoms with Crippen LogP contribution in [0.5, 0.6) is 0 Å². The Balaban J connectivity index is 2.51. The lowest BCUT2D eigenvalue weighted by Gasteiger charge is -2.06. The molecule has 0 heterocycles. The molecule has 2 aromatic rings. The molecule has 0 unspecified atom stereocenters. The quantitative estimate of drug-likeness (QED) is 0.584. The Bertz CT molecular complexity index is 736. The summed E-state index contributed by atoms with van der Waals surface area (Å²) in [5.74, 6) is -1.04. The normalized spacial score (nSPS) is 11.5. The largest absolute Gasteiger partial charge is 0.478 e. The van der Waals surface area contributed by atoms with Crippen LogP contribution in [0.4, 0.5) is 0 Å². The maximum atomic E-state index is 11.5. The fourth-order valence-electron chi connectivity index (χ4n) is 1.80. The van der Waals surface area contributed by atoms with Crippen LogP contribution in [-0.4, -0.2) is 11.1 Å². The molecule has 0 aliphatic rings. The Hall–Kier alpha value is -1.48. The topological polar surface area (TPSA) is 37.3 Å². The van der Waals surface area contributed by atoms with E-state index in [0.717, 1.165) is 5.56 Å². The molecule has 0 saturated carbocycles. The molecule has 1 N–H and O–H groups in total. The second kappa shape index (κ2) is 6.52. The minimum atomic E-state index is -1.04. The number of benzene rings is 2. The molecule has 0 amide bonds. The van der Waals surface area contributed by atoms with Crippen molar-refractivity contribution in [1.29, 1.82) is 0 Å². The van der Waals surface area contributed by atoms with E-state index in [-0.39, 0.29) is 5.57 Å². The van der Waals surface area contributed by atoms with Gasteiger partial charge in [0.1, 0.15) is 0 Å². The van der Waals surface area contributed by atoms with Crippen molar-refractivity contribution in [1.82, 2.24) is 0 Å². The predicted molar refractivity (Wildman–Crippen MR) is 88.2 cm³/mol. The van der Waals surface area contributed by atoms with Crippen LogP contribution in [-0.2, 0) is 4.79 Å². The minimum absolute atomic E-state index is 0.135. The fourth-order valence-corrected chi connectivity index (χ4v) is 2.28. The molecule has 0 aromatic heterocycles. The zero-order valence-corrected chi connectivity index (χ0v) is 13.3. The summed E-state index contributed by atoms with van der Waals surface area (Å²) in [7, 11) is 0. The van der Waals surface area contributed by atoms with Gasteiger partial charge in [-0.25, -0.2) is 4.79 Å². The third-order valence-corrected chi connectivity index (χ3v) is 4.11. The number of halogens is 3. The standard InChI is InChI=1S/C16H11Cl3O2/c1-9-2-4-11(8-14(9)18)12(16(20)21)6-10-3-5-13(17)15(19)7-10/h2-8H,1H3,(H,20,21)/b12-6-. The van der Waals surface area contributed by atoms with E-state index in [1.165, 1.54) is 6.08 Å². The van der Waals surface area contributed by atoms with E-state index >= 15 is 0 Å².